The summed E-state index contributed by atoms with van der Waals surface area (Å²) in [6, 6.07) is 0. The molecule has 0 bridgehead atoms. The lowest BCUT2D eigenvalue weighted by Crippen LogP contribution is -2.33. The van der Waals surface area contributed by atoms with Crippen molar-refractivity contribution in [3.8, 4) is 0 Å². The van der Waals surface area contributed by atoms with Gasteiger partial charge in [-0.3, -0.25) is 4.79 Å². The predicted octanol–water partition coefficient (Wildman–Crippen LogP) is 3.67. The van der Waals surface area contributed by atoms with Crippen molar-refractivity contribution >= 4 is 5.91 Å². The summed E-state index contributed by atoms with van der Waals surface area (Å²) in [5.41, 5.74) is 1.02. The number of allylic oxidation sites excluding steroid dienone is 5. The van der Waals surface area contributed by atoms with Gasteiger partial charge in [0, 0.05) is 18.7 Å². The molecule has 90 valence electrons. The van der Waals surface area contributed by atoms with Crippen molar-refractivity contribution in [3.05, 3.63) is 36.6 Å². The third-order valence-corrected chi connectivity index (χ3v) is 2.33. The minimum atomic E-state index is 0.247. The van der Waals surface area contributed by atoms with Crippen LogP contribution in [0.4, 0.5) is 0 Å². The zero-order valence-corrected chi connectivity index (χ0v) is 10.7. The van der Waals surface area contributed by atoms with Crippen molar-refractivity contribution in [2.75, 3.05) is 6.54 Å². The van der Waals surface area contributed by atoms with E-state index in [9.17, 15) is 4.79 Å². The van der Waals surface area contributed by atoms with Crippen LogP contribution in [-0.2, 0) is 4.79 Å². The van der Waals surface area contributed by atoms with E-state index in [1.54, 1.807) is 6.08 Å². The molecule has 0 saturated carbocycles. The highest BCUT2D eigenvalue weighted by atomic mass is 16.2. The molecule has 1 aliphatic rings. The summed E-state index contributed by atoms with van der Waals surface area (Å²) in [6.45, 7) is 10.4. The van der Waals surface area contributed by atoms with Crippen LogP contribution >= 0.6 is 0 Å². The molecule has 0 aromatic heterocycles. The first-order chi connectivity index (χ1) is 7.75. The Balaban J connectivity index is 0.00000106. The summed E-state index contributed by atoms with van der Waals surface area (Å²) in [5, 5.41) is 0. The highest BCUT2D eigenvalue weighted by molar-refractivity contribution is 5.78. The first kappa shape index (κ1) is 14.7. The van der Waals surface area contributed by atoms with Crippen LogP contribution in [0.2, 0.25) is 0 Å². The number of piperidine rings is 1. The smallest absolute Gasteiger partial charge is 0.226 e. The van der Waals surface area contributed by atoms with E-state index < -0.39 is 0 Å². The Morgan fingerprint density at radius 1 is 1.31 bits per heavy atom. The number of carbonyl (C=O) groups excluding carboxylic acids is 1. The number of hydrogen-bond acceptors (Lipinski definition) is 1. The van der Waals surface area contributed by atoms with Gasteiger partial charge in [0.05, 0.1) is 0 Å². The number of amides is 1. The van der Waals surface area contributed by atoms with E-state index >= 15 is 0 Å². The van der Waals surface area contributed by atoms with Gasteiger partial charge in [-0.1, -0.05) is 38.7 Å². The molecular weight excluding hydrogens is 198 g/mol. The van der Waals surface area contributed by atoms with Crippen LogP contribution in [0.1, 0.15) is 40.0 Å². The third-order valence-electron chi connectivity index (χ3n) is 2.33. The second-order valence-electron chi connectivity index (χ2n) is 3.43. The number of nitrogens with zero attached hydrogens (tertiary/aromatic N) is 1. The van der Waals surface area contributed by atoms with Gasteiger partial charge in [-0.05, 0) is 25.8 Å². The van der Waals surface area contributed by atoms with Crippen LogP contribution in [0.25, 0.3) is 0 Å². The van der Waals surface area contributed by atoms with Gasteiger partial charge in [0.15, 0.2) is 0 Å². The number of likely N-dealkylation sites (tertiary alicyclic amines) is 1. The molecule has 1 saturated heterocycles. The third kappa shape index (κ3) is 4.96. The van der Waals surface area contributed by atoms with Crippen LogP contribution in [0.3, 0.4) is 0 Å². The Kier molecular flexibility index (Phi) is 8.22. The summed E-state index contributed by atoms with van der Waals surface area (Å²) >= 11 is 0. The second kappa shape index (κ2) is 8.96. The summed E-state index contributed by atoms with van der Waals surface area (Å²) in [4.78, 5) is 13.4. The van der Waals surface area contributed by atoms with Crippen LogP contribution in [0.5, 0.6) is 0 Å². The fourth-order valence-electron chi connectivity index (χ4n) is 1.54. The Morgan fingerprint density at radius 3 is 2.56 bits per heavy atom. The van der Waals surface area contributed by atoms with Crippen molar-refractivity contribution in [1.82, 2.24) is 4.90 Å². The van der Waals surface area contributed by atoms with E-state index in [-0.39, 0.29) is 5.91 Å². The Labute approximate surface area is 99.3 Å². The molecule has 0 N–H and O–H groups in total. The summed E-state index contributed by atoms with van der Waals surface area (Å²) in [7, 11) is 0. The quantitative estimate of drug-likeness (QED) is 0.666. The molecule has 0 spiro atoms. The number of hydrogen-bond donors (Lipinski definition) is 0. The maximum atomic E-state index is 11.5. The normalized spacial score (nSPS) is 17.1. The fourth-order valence-corrected chi connectivity index (χ4v) is 1.54. The molecule has 1 rings (SSSR count). The molecule has 1 aliphatic heterocycles. The molecule has 0 radical (unpaired) electrons. The molecule has 1 fully saturated rings. The Hall–Kier alpha value is -1.31. The molecule has 1 amide bonds. The summed E-state index contributed by atoms with van der Waals surface area (Å²) in [5.74, 6) is 0.247. The predicted molar refractivity (Wildman–Crippen MR) is 70.0 cm³/mol. The van der Waals surface area contributed by atoms with Crippen molar-refractivity contribution < 1.29 is 4.79 Å². The number of carbonyl (C=O) groups is 1. The first-order valence-corrected chi connectivity index (χ1v) is 6.02. The molecule has 0 aromatic rings. The van der Waals surface area contributed by atoms with E-state index in [1.807, 2.05) is 43.9 Å². The largest absolute Gasteiger partial charge is 0.317 e. The summed E-state index contributed by atoms with van der Waals surface area (Å²) < 4.78 is 0. The van der Waals surface area contributed by atoms with Crippen molar-refractivity contribution in [2.45, 2.75) is 40.0 Å². The lowest BCUT2D eigenvalue weighted by Gasteiger charge is -2.27. The zero-order valence-electron chi connectivity index (χ0n) is 10.7. The van der Waals surface area contributed by atoms with Gasteiger partial charge in [-0.15, -0.1) is 0 Å². The highest BCUT2D eigenvalue weighted by Crippen LogP contribution is 2.15. The highest BCUT2D eigenvalue weighted by Gasteiger charge is 2.18. The van der Waals surface area contributed by atoms with Gasteiger partial charge in [0.25, 0.3) is 0 Å². The van der Waals surface area contributed by atoms with Crippen LogP contribution < -0.4 is 0 Å². The van der Waals surface area contributed by atoms with E-state index in [1.165, 1.54) is 0 Å². The van der Waals surface area contributed by atoms with Crippen molar-refractivity contribution in [1.29, 1.82) is 0 Å². The van der Waals surface area contributed by atoms with Crippen LogP contribution in [-0.4, -0.2) is 17.4 Å². The average Bonchev–Trinajstić information content (AvgIpc) is 2.32. The molecule has 0 atom stereocenters. The molecular formula is C14H23NO. The van der Waals surface area contributed by atoms with Gasteiger partial charge in [-0.25, -0.2) is 0 Å². The van der Waals surface area contributed by atoms with Gasteiger partial charge < -0.3 is 4.90 Å². The SMILES string of the molecule is C=C/C=C\C=C(/C)N1CCCCC1=O.CC. The molecule has 0 unspecified atom stereocenters. The molecule has 16 heavy (non-hydrogen) atoms. The van der Waals surface area contributed by atoms with Gasteiger partial charge in [0.1, 0.15) is 0 Å². The minimum absolute atomic E-state index is 0.247. The maximum Gasteiger partial charge on any atom is 0.226 e. The van der Waals surface area contributed by atoms with E-state index in [4.69, 9.17) is 0 Å². The lowest BCUT2D eigenvalue weighted by molar-refractivity contribution is -0.131. The van der Waals surface area contributed by atoms with Gasteiger partial charge in [0.2, 0.25) is 5.91 Å². The fraction of sp³-hybridized carbons (Fsp3) is 0.500. The van der Waals surface area contributed by atoms with Crippen LogP contribution in [0, 0.1) is 0 Å². The van der Waals surface area contributed by atoms with E-state index in [0.29, 0.717) is 6.42 Å². The van der Waals surface area contributed by atoms with Crippen LogP contribution in [0.15, 0.2) is 36.6 Å². The molecule has 2 nitrogen and oxygen atoms in total. The first-order valence-electron chi connectivity index (χ1n) is 6.02. The zero-order chi connectivity index (χ0) is 12.4. The topological polar surface area (TPSA) is 20.3 Å². The minimum Gasteiger partial charge on any atom is -0.317 e. The monoisotopic (exact) mass is 221 g/mol. The molecule has 2 heteroatoms. The maximum absolute atomic E-state index is 11.5. The Morgan fingerprint density at radius 2 is 2.00 bits per heavy atom. The average molecular weight is 221 g/mol. The van der Waals surface area contributed by atoms with E-state index in [2.05, 4.69) is 6.58 Å². The van der Waals surface area contributed by atoms with Crippen molar-refractivity contribution in [3.63, 3.8) is 0 Å². The molecule has 0 aromatic carbocycles. The van der Waals surface area contributed by atoms with Crippen molar-refractivity contribution in [2.24, 2.45) is 0 Å². The second-order valence-corrected chi connectivity index (χ2v) is 3.43. The van der Waals surface area contributed by atoms with E-state index in [0.717, 1.165) is 25.1 Å². The number of rotatable bonds is 3. The van der Waals surface area contributed by atoms with Gasteiger partial charge in [-0.2, -0.15) is 0 Å². The molecule has 1 heterocycles. The molecule has 0 aliphatic carbocycles. The summed E-state index contributed by atoms with van der Waals surface area (Å²) in [6.07, 6.45) is 10.3. The lowest BCUT2D eigenvalue weighted by atomic mass is 10.1. The Bertz CT molecular complexity index is 276. The standard InChI is InChI=1S/C12H17NO.C2H6/c1-3-4-5-8-11(2)13-10-7-6-9-12(13)14;1-2/h3-5,8H,1,6-7,9-10H2,2H3;1-2H3/b5-4-,11-8+;. The van der Waals surface area contributed by atoms with Gasteiger partial charge >= 0.3 is 0 Å².